The van der Waals surface area contributed by atoms with Crippen molar-refractivity contribution in [1.82, 2.24) is 0 Å². The standard InChI is InChI=1S/C17H26O2/c1-3-5-6-7-8-9-11-15-13-16(18)14(10-4-2)12-17(15)19/h4,12-13,18-19H,2-3,5-11H2,1H3. The summed E-state index contributed by atoms with van der Waals surface area (Å²) in [5.74, 6) is 0.557. The second-order valence-corrected chi connectivity index (χ2v) is 5.12. The lowest BCUT2D eigenvalue weighted by atomic mass is 10.0. The molecule has 0 bridgehead atoms. The zero-order valence-electron chi connectivity index (χ0n) is 12.0. The summed E-state index contributed by atoms with van der Waals surface area (Å²) in [5, 5.41) is 19.8. The topological polar surface area (TPSA) is 40.5 Å². The Morgan fingerprint density at radius 1 is 0.947 bits per heavy atom. The van der Waals surface area contributed by atoms with Gasteiger partial charge in [-0.2, -0.15) is 0 Å². The Balaban J connectivity index is 2.45. The van der Waals surface area contributed by atoms with E-state index in [1.54, 1.807) is 18.2 Å². The first-order valence-electron chi connectivity index (χ1n) is 7.33. The summed E-state index contributed by atoms with van der Waals surface area (Å²) < 4.78 is 0. The first-order valence-corrected chi connectivity index (χ1v) is 7.33. The number of unbranched alkanes of at least 4 members (excludes halogenated alkanes) is 5. The van der Waals surface area contributed by atoms with Crippen molar-refractivity contribution in [2.24, 2.45) is 0 Å². The van der Waals surface area contributed by atoms with E-state index in [0.29, 0.717) is 12.2 Å². The minimum atomic E-state index is 0.263. The first kappa shape index (κ1) is 15.6. The largest absolute Gasteiger partial charge is 0.508 e. The fraction of sp³-hybridized carbons (Fsp3) is 0.529. The number of phenolic OH excluding ortho intramolecular Hbond substituents is 2. The molecule has 0 aliphatic carbocycles. The molecule has 106 valence electrons. The van der Waals surface area contributed by atoms with Crippen LogP contribution in [-0.4, -0.2) is 10.2 Å². The van der Waals surface area contributed by atoms with Gasteiger partial charge in [0.2, 0.25) is 0 Å². The smallest absolute Gasteiger partial charge is 0.119 e. The summed E-state index contributed by atoms with van der Waals surface area (Å²) in [6.45, 7) is 5.86. The van der Waals surface area contributed by atoms with Gasteiger partial charge in [-0.15, -0.1) is 6.58 Å². The predicted molar refractivity (Wildman–Crippen MR) is 80.8 cm³/mol. The van der Waals surface area contributed by atoms with Gasteiger partial charge >= 0.3 is 0 Å². The molecule has 0 radical (unpaired) electrons. The molecule has 1 rings (SSSR count). The SMILES string of the molecule is C=CCc1cc(O)c(CCCCCCCC)cc1O. The number of hydrogen-bond acceptors (Lipinski definition) is 2. The van der Waals surface area contributed by atoms with Gasteiger partial charge in [-0.1, -0.05) is 45.1 Å². The van der Waals surface area contributed by atoms with E-state index in [2.05, 4.69) is 13.5 Å². The average molecular weight is 262 g/mol. The van der Waals surface area contributed by atoms with Crippen molar-refractivity contribution in [2.45, 2.75) is 58.3 Å². The lowest BCUT2D eigenvalue weighted by Gasteiger charge is -2.09. The van der Waals surface area contributed by atoms with E-state index in [-0.39, 0.29) is 5.75 Å². The van der Waals surface area contributed by atoms with Gasteiger partial charge in [0, 0.05) is 5.56 Å². The van der Waals surface area contributed by atoms with Gasteiger partial charge < -0.3 is 10.2 Å². The van der Waals surface area contributed by atoms with E-state index in [4.69, 9.17) is 0 Å². The lowest BCUT2D eigenvalue weighted by Crippen LogP contribution is -1.91. The van der Waals surface area contributed by atoms with Crippen molar-refractivity contribution in [1.29, 1.82) is 0 Å². The van der Waals surface area contributed by atoms with Gasteiger partial charge in [-0.05, 0) is 37.0 Å². The summed E-state index contributed by atoms with van der Waals surface area (Å²) in [7, 11) is 0. The normalized spacial score (nSPS) is 10.6. The van der Waals surface area contributed by atoms with Crippen LogP contribution in [0.1, 0.15) is 56.6 Å². The molecule has 0 aliphatic heterocycles. The second kappa shape index (κ2) is 8.63. The fourth-order valence-electron chi connectivity index (χ4n) is 2.28. The number of hydrogen-bond donors (Lipinski definition) is 2. The molecule has 0 saturated carbocycles. The zero-order chi connectivity index (χ0) is 14.1. The average Bonchev–Trinajstić information content (AvgIpc) is 2.39. The molecule has 0 fully saturated rings. The third kappa shape index (κ3) is 5.37. The highest BCUT2D eigenvalue weighted by Crippen LogP contribution is 2.29. The molecule has 0 heterocycles. The summed E-state index contributed by atoms with van der Waals surface area (Å²) in [6, 6.07) is 3.35. The van der Waals surface area contributed by atoms with Crippen LogP contribution in [0.3, 0.4) is 0 Å². The summed E-state index contributed by atoms with van der Waals surface area (Å²) >= 11 is 0. The molecule has 0 spiro atoms. The molecular formula is C17H26O2. The third-order valence-corrected chi connectivity index (χ3v) is 3.44. The Bertz CT molecular complexity index is 396. The molecule has 0 atom stereocenters. The molecule has 0 aliphatic rings. The number of aryl methyl sites for hydroxylation is 1. The van der Waals surface area contributed by atoms with Crippen LogP contribution in [0.5, 0.6) is 11.5 Å². The van der Waals surface area contributed by atoms with E-state index >= 15 is 0 Å². The van der Waals surface area contributed by atoms with E-state index in [9.17, 15) is 10.2 Å². The van der Waals surface area contributed by atoms with Gasteiger partial charge in [0.15, 0.2) is 0 Å². The van der Waals surface area contributed by atoms with E-state index < -0.39 is 0 Å². The molecule has 0 aromatic heterocycles. The number of aromatic hydroxyl groups is 2. The number of rotatable bonds is 9. The van der Waals surface area contributed by atoms with Crippen LogP contribution < -0.4 is 0 Å². The van der Waals surface area contributed by atoms with Crippen LogP contribution >= 0.6 is 0 Å². The molecule has 0 unspecified atom stereocenters. The summed E-state index contributed by atoms with van der Waals surface area (Å²) in [6.07, 6.45) is 10.5. The van der Waals surface area contributed by atoms with Crippen molar-refractivity contribution in [3.63, 3.8) is 0 Å². The second-order valence-electron chi connectivity index (χ2n) is 5.12. The summed E-state index contributed by atoms with van der Waals surface area (Å²) in [5.41, 5.74) is 1.58. The zero-order valence-corrected chi connectivity index (χ0v) is 12.0. The van der Waals surface area contributed by atoms with E-state index in [0.717, 1.165) is 24.0 Å². The van der Waals surface area contributed by atoms with Crippen molar-refractivity contribution in [3.05, 3.63) is 35.9 Å². The molecule has 2 N–H and O–H groups in total. The van der Waals surface area contributed by atoms with Gasteiger partial charge in [0.25, 0.3) is 0 Å². The quantitative estimate of drug-likeness (QED) is 0.384. The van der Waals surface area contributed by atoms with E-state index in [1.165, 1.54) is 32.1 Å². The Labute approximate surface area is 116 Å². The van der Waals surface area contributed by atoms with Crippen molar-refractivity contribution < 1.29 is 10.2 Å². The van der Waals surface area contributed by atoms with E-state index in [1.807, 2.05) is 0 Å². The maximum Gasteiger partial charge on any atom is 0.119 e. The van der Waals surface area contributed by atoms with Crippen LogP contribution in [-0.2, 0) is 12.8 Å². The highest BCUT2D eigenvalue weighted by atomic mass is 16.3. The fourth-order valence-corrected chi connectivity index (χ4v) is 2.28. The molecular weight excluding hydrogens is 236 g/mol. The monoisotopic (exact) mass is 262 g/mol. The highest BCUT2D eigenvalue weighted by Gasteiger charge is 2.07. The minimum absolute atomic E-state index is 0.263. The maximum absolute atomic E-state index is 9.94. The lowest BCUT2D eigenvalue weighted by molar-refractivity contribution is 0.448. The van der Waals surface area contributed by atoms with Crippen LogP contribution in [0.2, 0.25) is 0 Å². The Kier molecular flexibility index (Phi) is 7.09. The molecule has 0 saturated heterocycles. The number of benzene rings is 1. The van der Waals surface area contributed by atoms with Gasteiger partial charge in [-0.25, -0.2) is 0 Å². The molecule has 19 heavy (non-hydrogen) atoms. The molecule has 2 heteroatoms. The van der Waals surface area contributed by atoms with Crippen molar-refractivity contribution in [3.8, 4) is 11.5 Å². The Morgan fingerprint density at radius 2 is 1.53 bits per heavy atom. The Hall–Kier alpha value is -1.44. The highest BCUT2D eigenvalue weighted by molar-refractivity contribution is 5.45. The first-order chi connectivity index (χ1) is 9.19. The van der Waals surface area contributed by atoms with Gasteiger partial charge in [-0.3, -0.25) is 0 Å². The predicted octanol–water partition coefficient (Wildman–Crippen LogP) is 4.73. The van der Waals surface area contributed by atoms with Gasteiger partial charge in [0.1, 0.15) is 11.5 Å². The Morgan fingerprint density at radius 3 is 2.21 bits per heavy atom. The summed E-state index contributed by atoms with van der Waals surface area (Å²) in [4.78, 5) is 0. The minimum Gasteiger partial charge on any atom is -0.508 e. The maximum atomic E-state index is 9.94. The number of allylic oxidation sites excluding steroid dienone is 1. The van der Waals surface area contributed by atoms with Crippen LogP contribution in [0.25, 0.3) is 0 Å². The van der Waals surface area contributed by atoms with Gasteiger partial charge in [0.05, 0.1) is 0 Å². The molecule has 2 nitrogen and oxygen atoms in total. The third-order valence-electron chi connectivity index (χ3n) is 3.44. The number of phenols is 2. The van der Waals surface area contributed by atoms with Crippen LogP contribution in [0.15, 0.2) is 24.8 Å². The van der Waals surface area contributed by atoms with Crippen LogP contribution in [0, 0.1) is 0 Å². The molecule has 1 aromatic rings. The van der Waals surface area contributed by atoms with Crippen molar-refractivity contribution in [2.75, 3.05) is 0 Å². The van der Waals surface area contributed by atoms with Crippen LogP contribution in [0.4, 0.5) is 0 Å². The molecule has 1 aromatic carbocycles. The van der Waals surface area contributed by atoms with Crippen molar-refractivity contribution >= 4 is 0 Å². The molecule has 0 amide bonds.